The van der Waals surface area contributed by atoms with Crippen LogP contribution >= 0.6 is 0 Å². The van der Waals surface area contributed by atoms with Gasteiger partial charge in [0, 0.05) is 6.04 Å². The van der Waals surface area contributed by atoms with Crippen LogP contribution in [0.2, 0.25) is 0 Å². The molecule has 0 heterocycles. The number of ether oxygens (including phenoxy) is 2. The second kappa shape index (κ2) is 6.50. The lowest BCUT2D eigenvalue weighted by Crippen LogP contribution is -2.24. The molecule has 96 valence electrons. The van der Waals surface area contributed by atoms with E-state index in [1.807, 2.05) is 18.2 Å². The minimum atomic E-state index is 0.163. The highest BCUT2D eigenvalue weighted by Gasteiger charge is 2.13. The number of para-hydroxylation sites is 1. The second-order valence-corrected chi connectivity index (χ2v) is 4.75. The third-order valence-corrected chi connectivity index (χ3v) is 2.74. The molecule has 0 fully saturated rings. The van der Waals surface area contributed by atoms with Crippen molar-refractivity contribution in [3.63, 3.8) is 0 Å². The van der Waals surface area contributed by atoms with Crippen LogP contribution in [0.25, 0.3) is 0 Å². The first-order valence-electron chi connectivity index (χ1n) is 6.04. The standard InChI is InChI=1S/C14H23NO2/c1-10(2)8-12(15)9-11-6-5-7-13(16-3)14(11)17-4/h5-7,10,12H,8-9,15H2,1-4H3. The minimum absolute atomic E-state index is 0.163. The van der Waals surface area contributed by atoms with Crippen molar-refractivity contribution in [3.05, 3.63) is 23.8 Å². The molecule has 2 N–H and O–H groups in total. The van der Waals surface area contributed by atoms with Crippen LogP contribution < -0.4 is 15.2 Å². The monoisotopic (exact) mass is 237 g/mol. The van der Waals surface area contributed by atoms with Gasteiger partial charge in [-0.2, -0.15) is 0 Å². The van der Waals surface area contributed by atoms with Gasteiger partial charge in [-0.05, 0) is 30.4 Å². The van der Waals surface area contributed by atoms with Gasteiger partial charge in [0.2, 0.25) is 0 Å². The number of hydrogen-bond acceptors (Lipinski definition) is 3. The second-order valence-electron chi connectivity index (χ2n) is 4.75. The number of benzene rings is 1. The molecule has 3 nitrogen and oxygen atoms in total. The van der Waals surface area contributed by atoms with Crippen molar-refractivity contribution in [3.8, 4) is 11.5 Å². The molecule has 0 aliphatic heterocycles. The van der Waals surface area contributed by atoms with Crippen LogP contribution in [-0.4, -0.2) is 20.3 Å². The molecule has 0 aliphatic rings. The molecule has 0 saturated heterocycles. The first kappa shape index (κ1) is 13.8. The lowest BCUT2D eigenvalue weighted by Gasteiger charge is -2.17. The van der Waals surface area contributed by atoms with Crippen molar-refractivity contribution in [2.24, 2.45) is 11.7 Å². The third kappa shape index (κ3) is 3.93. The molecule has 3 heteroatoms. The van der Waals surface area contributed by atoms with Gasteiger partial charge in [-0.15, -0.1) is 0 Å². The SMILES string of the molecule is COc1cccc(CC(N)CC(C)C)c1OC. The van der Waals surface area contributed by atoms with Crippen LogP contribution in [-0.2, 0) is 6.42 Å². The predicted molar refractivity (Wildman–Crippen MR) is 70.7 cm³/mol. The maximum atomic E-state index is 6.13. The fourth-order valence-corrected chi connectivity index (χ4v) is 2.09. The van der Waals surface area contributed by atoms with E-state index in [1.54, 1.807) is 14.2 Å². The van der Waals surface area contributed by atoms with Crippen LogP contribution in [0.1, 0.15) is 25.8 Å². The van der Waals surface area contributed by atoms with Crippen molar-refractivity contribution in [1.82, 2.24) is 0 Å². The van der Waals surface area contributed by atoms with Gasteiger partial charge >= 0.3 is 0 Å². The van der Waals surface area contributed by atoms with Crippen molar-refractivity contribution >= 4 is 0 Å². The highest BCUT2D eigenvalue weighted by Crippen LogP contribution is 2.31. The molecule has 17 heavy (non-hydrogen) atoms. The zero-order chi connectivity index (χ0) is 12.8. The third-order valence-electron chi connectivity index (χ3n) is 2.74. The van der Waals surface area contributed by atoms with Crippen molar-refractivity contribution in [2.45, 2.75) is 32.7 Å². The summed E-state index contributed by atoms with van der Waals surface area (Å²) in [5, 5.41) is 0. The van der Waals surface area contributed by atoms with Crippen LogP contribution in [0.3, 0.4) is 0 Å². The van der Waals surface area contributed by atoms with E-state index in [-0.39, 0.29) is 6.04 Å². The molecular weight excluding hydrogens is 214 g/mol. The summed E-state index contributed by atoms with van der Waals surface area (Å²) in [5.74, 6) is 2.18. The molecular formula is C14H23NO2. The van der Waals surface area contributed by atoms with Crippen LogP contribution in [0.15, 0.2) is 18.2 Å². The highest BCUT2D eigenvalue weighted by atomic mass is 16.5. The molecule has 1 rings (SSSR count). The Hall–Kier alpha value is -1.22. The summed E-state index contributed by atoms with van der Waals surface area (Å²) in [6.45, 7) is 4.37. The Morgan fingerprint density at radius 1 is 1.18 bits per heavy atom. The van der Waals surface area contributed by atoms with Gasteiger partial charge < -0.3 is 15.2 Å². The molecule has 0 aliphatic carbocycles. The lowest BCUT2D eigenvalue weighted by atomic mass is 9.97. The Labute approximate surface area is 104 Å². The van der Waals surface area contributed by atoms with Gasteiger partial charge in [-0.25, -0.2) is 0 Å². The lowest BCUT2D eigenvalue weighted by molar-refractivity contribution is 0.350. The fraction of sp³-hybridized carbons (Fsp3) is 0.571. The predicted octanol–water partition coefficient (Wildman–Crippen LogP) is 2.62. The average molecular weight is 237 g/mol. The molecule has 1 aromatic rings. The Bertz CT molecular complexity index is 350. The van der Waals surface area contributed by atoms with E-state index in [0.29, 0.717) is 5.92 Å². The Balaban J connectivity index is 2.83. The summed E-state index contributed by atoms with van der Waals surface area (Å²) in [5.41, 5.74) is 7.24. The maximum absolute atomic E-state index is 6.13. The molecule has 1 aromatic carbocycles. The van der Waals surface area contributed by atoms with E-state index in [1.165, 1.54) is 0 Å². The summed E-state index contributed by atoms with van der Waals surface area (Å²) in [6.07, 6.45) is 1.83. The Kier molecular flexibility index (Phi) is 5.29. The maximum Gasteiger partial charge on any atom is 0.163 e. The van der Waals surface area contributed by atoms with E-state index in [9.17, 15) is 0 Å². The van der Waals surface area contributed by atoms with Gasteiger partial charge in [-0.3, -0.25) is 0 Å². The normalized spacial score (nSPS) is 12.6. The van der Waals surface area contributed by atoms with Crippen LogP contribution in [0.5, 0.6) is 11.5 Å². The van der Waals surface area contributed by atoms with Crippen molar-refractivity contribution < 1.29 is 9.47 Å². The Morgan fingerprint density at radius 2 is 1.88 bits per heavy atom. The van der Waals surface area contributed by atoms with E-state index >= 15 is 0 Å². The minimum Gasteiger partial charge on any atom is -0.493 e. The van der Waals surface area contributed by atoms with Gasteiger partial charge in [0.1, 0.15) is 0 Å². The van der Waals surface area contributed by atoms with E-state index in [2.05, 4.69) is 13.8 Å². The summed E-state index contributed by atoms with van der Waals surface area (Å²) >= 11 is 0. The summed E-state index contributed by atoms with van der Waals surface area (Å²) in [4.78, 5) is 0. The van der Waals surface area contributed by atoms with Gasteiger partial charge in [0.25, 0.3) is 0 Å². The number of nitrogens with two attached hydrogens (primary N) is 1. The number of hydrogen-bond donors (Lipinski definition) is 1. The Morgan fingerprint density at radius 3 is 2.41 bits per heavy atom. The average Bonchev–Trinajstić information content (AvgIpc) is 2.27. The number of rotatable bonds is 6. The van der Waals surface area contributed by atoms with E-state index < -0.39 is 0 Å². The van der Waals surface area contributed by atoms with E-state index in [0.717, 1.165) is 29.9 Å². The summed E-state index contributed by atoms with van der Waals surface area (Å²) in [7, 11) is 3.31. The largest absolute Gasteiger partial charge is 0.493 e. The zero-order valence-electron chi connectivity index (χ0n) is 11.2. The highest BCUT2D eigenvalue weighted by molar-refractivity contribution is 5.46. The summed E-state index contributed by atoms with van der Waals surface area (Å²) in [6, 6.07) is 6.08. The summed E-state index contributed by atoms with van der Waals surface area (Å²) < 4.78 is 10.7. The molecule has 1 atom stereocenters. The molecule has 0 saturated carbocycles. The van der Waals surface area contributed by atoms with Gasteiger partial charge in [-0.1, -0.05) is 26.0 Å². The zero-order valence-corrected chi connectivity index (χ0v) is 11.2. The van der Waals surface area contributed by atoms with Crippen molar-refractivity contribution in [1.29, 1.82) is 0 Å². The molecule has 0 amide bonds. The molecule has 1 unspecified atom stereocenters. The van der Waals surface area contributed by atoms with Crippen LogP contribution in [0, 0.1) is 5.92 Å². The van der Waals surface area contributed by atoms with Gasteiger partial charge in [0.05, 0.1) is 14.2 Å². The first-order chi connectivity index (χ1) is 8.08. The topological polar surface area (TPSA) is 44.5 Å². The van der Waals surface area contributed by atoms with Crippen LogP contribution in [0.4, 0.5) is 0 Å². The molecule has 0 spiro atoms. The smallest absolute Gasteiger partial charge is 0.163 e. The molecule has 0 radical (unpaired) electrons. The molecule has 0 bridgehead atoms. The van der Waals surface area contributed by atoms with E-state index in [4.69, 9.17) is 15.2 Å². The first-order valence-corrected chi connectivity index (χ1v) is 6.04. The fourth-order valence-electron chi connectivity index (χ4n) is 2.09. The quantitative estimate of drug-likeness (QED) is 0.827. The van der Waals surface area contributed by atoms with Gasteiger partial charge in [0.15, 0.2) is 11.5 Å². The van der Waals surface area contributed by atoms with Crippen molar-refractivity contribution in [2.75, 3.05) is 14.2 Å². The number of methoxy groups -OCH3 is 2. The molecule has 0 aromatic heterocycles.